The van der Waals surface area contributed by atoms with Gasteiger partial charge in [0.25, 0.3) is 11.8 Å². The Hall–Kier alpha value is -3.72. The third-order valence-electron chi connectivity index (χ3n) is 7.28. The summed E-state index contributed by atoms with van der Waals surface area (Å²) in [5.74, 6) is -0.627. The van der Waals surface area contributed by atoms with Crippen LogP contribution in [0.1, 0.15) is 39.4 Å². The Morgan fingerprint density at radius 2 is 1.97 bits per heavy atom. The number of carbonyl (C=O) groups is 2. The fourth-order valence-electron chi connectivity index (χ4n) is 5.67. The number of hydrogen-bond acceptors (Lipinski definition) is 5. The molecule has 9 heteroatoms. The minimum Gasteiger partial charge on any atom is -0.375 e. The van der Waals surface area contributed by atoms with Crippen LogP contribution in [0.3, 0.4) is 0 Å². The molecule has 2 aliphatic rings. The summed E-state index contributed by atoms with van der Waals surface area (Å²) in [5.41, 5.74) is 14.9. The lowest BCUT2D eigenvalue weighted by atomic mass is 10.0. The van der Waals surface area contributed by atoms with Crippen LogP contribution in [0.2, 0.25) is 0 Å². The molecule has 2 aromatic heterocycles. The van der Waals surface area contributed by atoms with Gasteiger partial charge in [0.2, 0.25) is 0 Å². The first-order valence-electron chi connectivity index (χ1n) is 11.5. The average Bonchev–Trinajstić information content (AvgIpc) is 3.18. The molecule has 2 amide bonds. The van der Waals surface area contributed by atoms with Gasteiger partial charge >= 0.3 is 0 Å². The topological polar surface area (TPSA) is 107 Å². The molecule has 6 rings (SSSR count). The molecule has 1 aliphatic heterocycles. The maximum Gasteiger partial charge on any atom is 0.274 e. The first-order valence-corrected chi connectivity index (χ1v) is 12.4. The lowest BCUT2D eigenvalue weighted by Gasteiger charge is -2.28. The zero-order valence-corrected chi connectivity index (χ0v) is 19.9. The molecule has 3 atom stereocenters. The normalized spacial score (nSPS) is 20.9. The molecular weight excluding hydrogens is 465 g/mol. The Morgan fingerprint density at radius 3 is 2.74 bits per heavy atom. The molecule has 7 nitrogen and oxygen atoms in total. The highest BCUT2D eigenvalue weighted by molar-refractivity contribution is 7.19. The van der Waals surface area contributed by atoms with E-state index < -0.39 is 5.91 Å². The number of aromatic nitrogens is 2. The van der Waals surface area contributed by atoms with Crippen molar-refractivity contribution in [3.8, 4) is 10.4 Å². The second kappa shape index (κ2) is 7.91. The number of rotatable bonds is 5. The molecule has 178 valence electrons. The van der Waals surface area contributed by atoms with E-state index in [-0.39, 0.29) is 34.6 Å². The van der Waals surface area contributed by atoms with E-state index in [0.717, 1.165) is 29.4 Å². The van der Waals surface area contributed by atoms with E-state index in [1.807, 2.05) is 40.8 Å². The predicted octanol–water partition coefficient (Wildman–Crippen LogP) is 3.97. The zero-order chi connectivity index (χ0) is 24.4. The fraction of sp³-hybridized carbons (Fsp3) is 0.269. The lowest BCUT2D eigenvalue weighted by Crippen LogP contribution is -2.40. The Labute approximate surface area is 205 Å². The van der Waals surface area contributed by atoms with Gasteiger partial charge in [-0.2, -0.15) is 0 Å². The number of piperidine rings is 1. The Morgan fingerprint density at radius 1 is 1.17 bits per heavy atom. The zero-order valence-electron chi connectivity index (χ0n) is 19.1. The number of primary amides is 1. The maximum atomic E-state index is 13.9. The van der Waals surface area contributed by atoms with Crippen LogP contribution in [0, 0.1) is 11.7 Å². The molecule has 1 aliphatic carbocycles. The van der Waals surface area contributed by atoms with E-state index in [1.54, 1.807) is 12.1 Å². The van der Waals surface area contributed by atoms with E-state index in [1.165, 1.54) is 23.5 Å². The van der Waals surface area contributed by atoms with Crippen molar-refractivity contribution in [3.05, 3.63) is 71.3 Å². The molecular formula is C26H24FN5O2S. The van der Waals surface area contributed by atoms with Crippen LogP contribution in [-0.4, -0.2) is 38.3 Å². The summed E-state index contributed by atoms with van der Waals surface area (Å²) < 4.78 is 15.9. The van der Waals surface area contributed by atoms with Gasteiger partial charge in [-0.05, 0) is 42.5 Å². The van der Waals surface area contributed by atoms with E-state index in [4.69, 9.17) is 11.5 Å². The van der Waals surface area contributed by atoms with Gasteiger partial charge in [-0.15, -0.1) is 0 Å². The molecule has 2 aromatic carbocycles. The number of nitrogens with two attached hydrogens (primary N) is 2. The first kappa shape index (κ1) is 21.8. The van der Waals surface area contributed by atoms with Crippen molar-refractivity contribution in [2.75, 3.05) is 5.73 Å². The molecule has 4 aromatic rings. The van der Waals surface area contributed by atoms with Gasteiger partial charge in [0.05, 0.1) is 10.4 Å². The van der Waals surface area contributed by atoms with Gasteiger partial charge < -0.3 is 20.9 Å². The van der Waals surface area contributed by atoms with Crippen LogP contribution >= 0.6 is 11.3 Å². The van der Waals surface area contributed by atoms with Crippen molar-refractivity contribution in [2.24, 2.45) is 18.7 Å². The summed E-state index contributed by atoms with van der Waals surface area (Å²) in [6, 6.07) is 13.8. The highest BCUT2D eigenvalue weighted by Crippen LogP contribution is 2.50. The minimum absolute atomic E-state index is 0.101. The maximum absolute atomic E-state index is 13.9. The SMILES string of the molecule is Cn1c(C[C@@H]2C[C@@H]3C[C@@H]3N2C(=O)c2nc(N)sc2-c2cccc(F)c2)c(C(N)=O)c2ccccc21. The molecule has 4 N–H and O–H groups in total. The van der Waals surface area contributed by atoms with Crippen LogP contribution in [-0.2, 0) is 13.5 Å². The number of benzene rings is 2. The Kier molecular flexibility index (Phi) is 4.93. The molecule has 1 saturated carbocycles. The van der Waals surface area contributed by atoms with Gasteiger partial charge in [-0.1, -0.05) is 41.7 Å². The quantitative estimate of drug-likeness (QED) is 0.442. The van der Waals surface area contributed by atoms with E-state index >= 15 is 0 Å². The molecule has 1 saturated heterocycles. The number of para-hydroxylation sites is 1. The van der Waals surface area contributed by atoms with Crippen molar-refractivity contribution in [2.45, 2.75) is 31.3 Å². The molecule has 35 heavy (non-hydrogen) atoms. The third kappa shape index (κ3) is 3.49. The number of anilines is 1. The first-order chi connectivity index (χ1) is 16.8. The van der Waals surface area contributed by atoms with Crippen LogP contribution in [0.25, 0.3) is 21.3 Å². The summed E-state index contributed by atoms with van der Waals surface area (Å²) in [6.07, 6.45) is 2.32. The monoisotopic (exact) mass is 489 g/mol. The second-order valence-electron chi connectivity index (χ2n) is 9.37. The number of nitrogens with zero attached hydrogens (tertiary/aromatic N) is 3. The highest BCUT2D eigenvalue weighted by Gasteiger charge is 2.54. The van der Waals surface area contributed by atoms with Crippen LogP contribution in [0.5, 0.6) is 0 Å². The number of likely N-dealkylation sites (tertiary alicyclic amines) is 1. The summed E-state index contributed by atoms with van der Waals surface area (Å²) in [6.45, 7) is 0. The average molecular weight is 490 g/mol. The molecule has 3 heterocycles. The number of amides is 2. The third-order valence-corrected chi connectivity index (χ3v) is 8.22. The number of nitrogen functional groups attached to an aromatic ring is 1. The van der Waals surface area contributed by atoms with Crippen LogP contribution in [0.15, 0.2) is 48.5 Å². The van der Waals surface area contributed by atoms with Crippen molar-refractivity contribution < 1.29 is 14.0 Å². The molecule has 2 fully saturated rings. The van der Waals surface area contributed by atoms with Crippen molar-refractivity contribution in [1.29, 1.82) is 0 Å². The number of halogens is 1. The summed E-state index contributed by atoms with van der Waals surface area (Å²) >= 11 is 1.18. The lowest BCUT2D eigenvalue weighted by molar-refractivity contribution is 0.0694. The van der Waals surface area contributed by atoms with Gasteiger partial charge in [-0.3, -0.25) is 9.59 Å². The molecule has 0 radical (unpaired) electrons. The Balaban J connectivity index is 1.38. The van der Waals surface area contributed by atoms with Gasteiger partial charge in [-0.25, -0.2) is 9.37 Å². The highest BCUT2D eigenvalue weighted by atomic mass is 32.1. The molecule has 0 bridgehead atoms. The van der Waals surface area contributed by atoms with Crippen molar-refractivity contribution in [1.82, 2.24) is 14.5 Å². The molecule has 0 spiro atoms. The second-order valence-corrected chi connectivity index (χ2v) is 10.4. The van der Waals surface area contributed by atoms with Crippen molar-refractivity contribution in [3.63, 3.8) is 0 Å². The number of fused-ring (bicyclic) bond motifs is 2. The largest absolute Gasteiger partial charge is 0.375 e. The van der Waals surface area contributed by atoms with E-state index in [2.05, 4.69) is 4.98 Å². The number of thiazole rings is 1. The minimum atomic E-state index is -0.474. The fourth-order valence-corrected chi connectivity index (χ4v) is 6.49. The summed E-state index contributed by atoms with van der Waals surface area (Å²) in [7, 11) is 1.93. The van der Waals surface area contributed by atoms with Gasteiger partial charge in [0.15, 0.2) is 5.13 Å². The molecule has 0 unspecified atom stereocenters. The van der Waals surface area contributed by atoms with Crippen LogP contribution < -0.4 is 11.5 Å². The number of aryl methyl sites for hydroxylation is 1. The Bertz CT molecular complexity index is 1510. The smallest absolute Gasteiger partial charge is 0.274 e. The number of carbonyl (C=O) groups excluding carboxylic acids is 2. The van der Waals surface area contributed by atoms with Crippen molar-refractivity contribution >= 4 is 39.2 Å². The van der Waals surface area contributed by atoms with Gasteiger partial charge in [0.1, 0.15) is 11.5 Å². The van der Waals surface area contributed by atoms with Crippen LogP contribution in [0.4, 0.5) is 9.52 Å². The number of hydrogen-bond donors (Lipinski definition) is 2. The van der Waals surface area contributed by atoms with E-state index in [0.29, 0.717) is 28.3 Å². The predicted molar refractivity (Wildman–Crippen MR) is 134 cm³/mol. The summed E-state index contributed by atoms with van der Waals surface area (Å²) in [4.78, 5) is 33.1. The van der Waals surface area contributed by atoms with Gasteiger partial charge in [0, 0.05) is 42.1 Å². The standard InChI is InChI=1S/C26H24FN5O2S/c1-31-18-8-3-2-7-17(18)21(24(28)33)20(31)12-16-10-14-11-19(14)32(16)25(34)22-23(35-26(29)30-22)13-5-4-6-15(27)9-13/h2-9,14,16,19H,10-12H2,1H3,(H2,28,33)(H2,29,30)/t14-,16+,19+/m1/s1. The summed E-state index contributed by atoms with van der Waals surface area (Å²) in [5, 5.41) is 1.08. The van der Waals surface area contributed by atoms with E-state index in [9.17, 15) is 14.0 Å².